The number of fused-ring (bicyclic) bond motifs is 3. The van der Waals surface area contributed by atoms with Crippen LogP contribution in [0, 0.1) is 0 Å². The van der Waals surface area contributed by atoms with Gasteiger partial charge in [-0.15, -0.1) is 0 Å². The molecular weight excluding hydrogens is 453 g/mol. The van der Waals surface area contributed by atoms with E-state index in [2.05, 4.69) is 5.32 Å². The van der Waals surface area contributed by atoms with E-state index in [4.69, 9.17) is 9.84 Å². The molecule has 1 atom stereocenters. The highest BCUT2D eigenvalue weighted by molar-refractivity contribution is 5.93. The minimum atomic E-state index is -4.91. The standard InChI is InChI=1S/C24H23F3N2O5/c1-14(22(32)29-20(12-21(30)31)24(25,26)27)10-11-28-23(33)34-13-19-17-8-4-2-6-15(17)16-7-3-5-9-18(16)19/h2-10,19-20H,11-13H2,1H3,(H,28,33)(H,29,32)(H,30,31)/b14-10+. The van der Waals surface area contributed by atoms with Crippen LogP contribution in [0.1, 0.15) is 30.4 Å². The van der Waals surface area contributed by atoms with E-state index in [1.54, 1.807) is 5.32 Å². The zero-order valence-electron chi connectivity index (χ0n) is 18.2. The topological polar surface area (TPSA) is 105 Å². The van der Waals surface area contributed by atoms with Gasteiger partial charge in [0, 0.05) is 18.0 Å². The Bertz CT molecular complexity index is 1070. The monoisotopic (exact) mass is 476 g/mol. The van der Waals surface area contributed by atoms with Gasteiger partial charge in [-0.05, 0) is 29.2 Å². The molecule has 0 heterocycles. The maximum atomic E-state index is 12.9. The third kappa shape index (κ3) is 5.94. The molecule has 3 N–H and O–H groups in total. The SMILES string of the molecule is C/C(=C\CNC(=O)OCC1c2ccccc2-c2ccccc21)C(=O)NC(CC(=O)O)C(F)(F)F. The van der Waals surface area contributed by atoms with E-state index < -0.39 is 36.6 Å². The van der Waals surface area contributed by atoms with Crippen molar-refractivity contribution in [1.29, 1.82) is 0 Å². The second-order valence-electron chi connectivity index (χ2n) is 7.76. The number of carbonyl (C=O) groups excluding carboxylic acids is 2. The molecule has 2 aromatic carbocycles. The van der Waals surface area contributed by atoms with Crippen molar-refractivity contribution in [2.24, 2.45) is 0 Å². The summed E-state index contributed by atoms with van der Waals surface area (Å²) in [5.41, 5.74) is 4.14. The first-order valence-electron chi connectivity index (χ1n) is 10.4. The van der Waals surface area contributed by atoms with Gasteiger partial charge >= 0.3 is 18.2 Å². The molecule has 0 bridgehead atoms. The van der Waals surface area contributed by atoms with Gasteiger partial charge in [0.05, 0.1) is 6.42 Å². The Morgan fingerprint density at radius 3 is 2.15 bits per heavy atom. The Kier molecular flexibility index (Phi) is 7.60. The molecule has 180 valence electrons. The van der Waals surface area contributed by atoms with Crippen LogP contribution in [0.5, 0.6) is 0 Å². The average Bonchev–Trinajstić information content (AvgIpc) is 3.10. The van der Waals surface area contributed by atoms with Gasteiger partial charge in [0.15, 0.2) is 0 Å². The number of alkyl halides is 3. The molecule has 2 amide bonds. The molecule has 0 fully saturated rings. The Balaban J connectivity index is 1.52. The van der Waals surface area contributed by atoms with Crippen molar-refractivity contribution in [3.8, 4) is 11.1 Å². The van der Waals surface area contributed by atoms with Crippen molar-refractivity contribution < 1.29 is 37.4 Å². The first kappa shape index (κ1) is 24.8. The summed E-state index contributed by atoms with van der Waals surface area (Å²) in [6, 6.07) is 13.2. The number of carboxylic acids is 1. The number of nitrogens with one attached hydrogen (secondary N) is 2. The summed E-state index contributed by atoms with van der Waals surface area (Å²) in [5, 5.41) is 12.7. The summed E-state index contributed by atoms with van der Waals surface area (Å²) in [5.74, 6) is -2.91. The summed E-state index contributed by atoms with van der Waals surface area (Å²) in [7, 11) is 0. The summed E-state index contributed by atoms with van der Waals surface area (Å²) < 4.78 is 44.0. The molecular formula is C24H23F3N2O5. The van der Waals surface area contributed by atoms with Gasteiger partial charge in [-0.3, -0.25) is 9.59 Å². The fourth-order valence-corrected chi connectivity index (χ4v) is 3.72. The second kappa shape index (κ2) is 10.4. The molecule has 34 heavy (non-hydrogen) atoms. The molecule has 3 rings (SSSR count). The molecule has 1 unspecified atom stereocenters. The zero-order chi connectivity index (χ0) is 24.9. The van der Waals surface area contributed by atoms with Crippen molar-refractivity contribution in [2.45, 2.75) is 31.5 Å². The highest BCUT2D eigenvalue weighted by Gasteiger charge is 2.42. The lowest BCUT2D eigenvalue weighted by atomic mass is 9.98. The summed E-state index contributed by atoms with van der Waals surface area (Å²) in [6.45, 7) is 1.18. The van der Waals surface area contributed by atoms with Crippen molar-refractivity contribution in [3.63, 3.8) is 0 Å². The fourth-order valence-electron chi connectivity index (χ4n) is 3.72. The van der Waals surface area contributed by atoms with Crippen LogP contribution >= 0.6 is 0 Å². The molecule has 0 aliphatic heterocycles. The molecule has 0 saturated carbocycles. The number of halogens is 3. The van der Waals surface area contributed by atoms with Gasteiger partial charge in [-0.2, -0.15) is 13.2 Å². The van der Waals surface area contributed by atoms with E-state index in [9.17, 15) is 27.6 Å². The number of benzene rings is 2. The molecule has 0 spiro atoms. The van der Waals surface area contributed by atoms with E-state index in [-0.39, 0.29) is 24.6 Å². The Labute approximate surface area is 193 Å². The smallest absolute Gasteiger partial charge is 0.409 e. The van der Waals surface area contributed by atoms with E-state index in [0.29, 0.717) is 0 Å². The predicted molar refractivity (Wildman–Crippen MR) is 117 cm³/mol. The van der Waals surface area contributed by atoms with Gasteiger partial charge in [-0.1, -0.05) is 54.6 Å². The fraction of sp³-hybridized carbons (Fsp3) is 0.292. The van der Waals surface area contributed by atoms with E-state index >= 15 is 0 Å². The molecule has 1 aliphatic carbocycles. The number of hydrogen-bond acceptors (Lipinski definition) is 4. The summed E-state index contributed by atoms with van der Waals surface area (Å²) in [6.07, 6.45) is -5.73. The number of carbonyl (C=O) groups is 3. The van der Waals surface area contributed by atoms with Crippen LogP contribution in [-0.4, -0.2) is 48.4 Å². The number of ether oxygens (including phenoxy) is 1. The number of hydrogen-bond donors (Lipinski definition) is 3. The molecule has 1 aliphatic rings. The molecule has 0 radical (unpaired) electrons. The molecule has 0 saturated heterocycles. The van der Waals surface area contributed by atoms with E-state index in [1.807, 2.05) is 48.5 Å². The van der Waals surface area contributed by atoms with Crippen molar-refractivity contribution in [2.75, 3.05) is 13.2 Å². The van der Waals surface area contributed by atoms with Gasteiger partial charge in [0.25, 0.3) is 0 Å². The van der Waals surface area contributed by atoms with Crippen LogP contribution in [0.3, 0.4) is 0 Å². The largest absolute Gasteiger partial charge is 0.481 e. The van der Waals surface area contributed by atoms with Crippen LogP contribution < -0.4 is 10.6 Å². The number of amides is 2. The summed E-state index contributed by atoms with van der Waals surface area (Å²) in [4.78, 5) is 34.7. The Morgan fingerprint density at radius 1 is 1.06 bits per heavy atom. The van der Waals surface area contributed by atoms with E-state index in [0.717, 1.165) is 22.3 Å². The summed E-state index contributed by atoms with van der Waals surface area (Å²) >= 11 is 0. The minimum absolute atomic E-state index is 0.0888. The lowest BCUT2D eigenvalue weighted by molar-refractivity contribution is -0.169. The highest BCUT2D eigenvalue weighted by Crippen LogP contribution is 2.44. The van der Waals surface area contributed by atoms with Crippen LogP contribution in [0.25, 0.3) is 11.1 Å². The normalized spacial score (nSPS) is 14.1. The maximum Gasteiger partial charge on any atom is 0.409 e. The van der Waals surface area contributed by atoms with Crippen LogP contribution in [0.15, 0.2) is 60.2 Å². The lowest BCUT2D eigenvalue weighted by Gasteiger charge is -2.20. The van der Waals surface area contributed by atoms with Crippen LogP contribution in [0.2, 0.25) is 0 Å². The third-order valence-corrected chi connectivity index (χ3v) is 5.44. The molecule has 0 aromatic heterocycles. The highest BCUT2D eigenvalue weighted by atomic mass is 19.4. The third-order valence-electron chi connectivity index (χ3n) is 5.44. The van der Waals surface area contributed by atoms with Crippen molar-refractivity contribution in [1.82, 2.24) is 10.6 Å². The first-order valence-corrected chi connectivity index (χ1v) is 10.4. The van der Waals surface area contributed by atoms with Crippen LogP contribution in [0.4, 0.5) is 18.0 Å². The number of alkyl carbamates (subject to hydrolysis) is 1. The average molecular weight is 476 g/mol. The number of rotatable bonds is 8. The molecule has 2 aromatic rings. The zero-order valence-corrected chi connectivity index (χ0v) is 18.2. The molecule has 10 heteroatoms. The van der Waals surface area contributed by atoms with E-state index in [1.165, 1.54) is 13.0 Å². The Morgan fingerprint density at radius 2 is 1.62 bits per heavy atom. The molecule has 7 nitrogen and oxygen atoms in total. The number of aliphatic carboxylic acids is 1. The second-order valence-corrected chi connectivity index (χ2v) is 7.76. The minimum Gasteiger partial charge on any atom is -0.481 e. The maximum absolute atomic E-state index is 12.9. The first-order chi connectivity index (χ1) is 16.1. The van der Waals surface area contributed by atoms with Crippen molar-refractivity contribution in [3.05, 3.63) is 71.3 Å². The quantitative estimate of drug-likeness (QED) is 0.500. The van der Waals surface area contributed by atoms with Crippen molar-refractivity contribution >= 4 is 18.0 Å². The van der Waals surface area contributed by atoms with Gasteiger partial charge in [-0.25, -0.2) is 4.79 Å². The van der Waals surface area contributed by atoms with Crippen LogP contribution in [-0.2, 0) is 14.3 Å². The van der Waals surface area contributed by atoms with Gasteiger partial charge in [0.2, 0.25) is 5.91 Å². The Hall–Kier alpha value is -3.82. The number of carboxylic acid groups (broad SMARTS) is 1. The lowest BCUT2D eigenvalue weighted by Crippen LogP contribution is -2.47. The van der Waals surface area contributed by atoms with Gasteiger partial charge in [0.1, 0.15) is 12.6 Å². The van der Waals surface area contributed by atoms with Gasteiger partial charge < -0.3 is 20.5 Å². The predicted octanol–water partition coefficient (Wildman–Crippen LogP) is 3.99.